The molecule has 1 unspecified atom stereocenters. The molecule has 5 rings (SSSR count). The third kappa shape index (κ3) is 6.19. The van der Waals surface area contributed by atoms with Crippen LogP contribution in [-0.2, 0) is 5.54 Å². The second-order valence-electron chi connectivity index (χ2n) is 10.1. The summed E-state index contributed by atoms with van der Waals surface area (Å²) in [4.78, 5) is 26.6. The predicted molar refractivity (Wildman–Crippen MR) is 147 cm³/mol. The second kappa shape index (κ2) is 11.2. The lowest BCUT2D eigenvalue weighted by Crippen LogP contribution is -2.49. The van der Waals surface area contributed by atoms with Crippen LogP contribution in [0.3, 0.4) is 0 Å². The molecule has 0 saturated carbocycles. The molecule has 4 heterocycles. The lowest BCUT2D eigenvalue weighted by Gasteiger charge is -2.38. The zero-order valence-corrected chi connectivity index (χ0v) is 22.8. The molecule has 0 aliphatic carbocycles. The molecule has 214 valence electrons. The molecule has 2 aliphatic rings. The van der Waals surface area contributed by atoms with Crippen molar-refractivity contribution in [1.29, 1.82) is 0 Å². The van der Waals surface area contributed by atoms with Crippen LogP contribution in [0.25, 0.3) is 0 Å². The number of alkyl halides is 3. The highest BCUT2D eigenvalue weighted by Crippen LogP contribution is 2.39. The van der Waals surface area contributed by atoms with Crippen LogP contribution in [0.4, 0.5) is 24.5 Å². The summed E-state index contributed by atoms with van der Waals surface area (Å²) in [6, 6.07) is 9.05. The molecular weight excluding hydrogens is 537 g/mol. The first-order valence-electron chi connectivity index (χ1n) is 13.1. The Morgan fingerprint density at radius 2 is 1.85 bits per heavy atom. The summed E-state index contributed by atoms with van der Waals surface area (Å²) >= 11 is 0. The van der Waals surface area contributed by atoms with Crippen molar-refractivity contribution in [2.45, 2.75) is 38.7 Å². The van der Waals surface area contributed by atoms with Crippen molar-refractivity contribution in [2.75, 3.05) is 36.4 Å². The van der Waals surface area contributed by atoms with E-state index in [9.17, 15) is 18.0 Å². The molecule has 13 heteroatoms. The smallest absolute Gasteiger partial charge is 0.406 e. The summed E-state index contributed by atoms with van der Waals surface area (Å²) in [6.45, 7) is 9.82. The van der Waals surface area contributed by atoms with E-state index in [1.54, 1.807) is 18.5 Å². The van der Waals surface area contributed by atoms with Gasteiger partial charge in [-0.05, 0) is 56.3 Å². The molecule has 10 nitrogen and oxygen atoms in total. The summed E-state index contributed by atoms with van der Waals surface area (Å²) < 4.78 is 41.8. The lowest BCUT2D eigenvalue weighted by molar-refractivity contribution is -0.274. The van der Waals surface area contributed by atoms with Gasteiger partial charge in [0, 0.05) is 60.8 Å². The molecule has 1 atom stereocenters. The molecule has 1 aromatic carbocycles. The largest absolute Gasteiger partial charge is 0.573 e. The van der Waals surface area contributed by atoms with Gasteiger partial charge in [0.15, 0.2) is 5.54 Å². The maximum Gasteiger partial charge on any atom is 0.573 e. The van der Waals surface area contributed by atoms with Gasteiger partial charge in [0.05, 0.1) is 30.0 Å². The normalized spacial score (nSPS) is 19.1. The van der Waals surface area contributed by atoms with Gasteiger partial charge in [0.25, 0.3) is 5.91 Å². The van der Waals surface area contributed by atoms with Crippen molar-refractivity contribution < 1.29 is 22.7 Å². The minimum absolute atomic E-state index is 0.0137. The van der Waals surface area contributed by atoms with Crippen molar-refractivity contribution in [2.24, 2.45) is 15.4 Å². The Bertz CT molecular complexity index is 1470. The highest BCUT2D eigenvalue weighted by Gasteiger charge is 2.39. The third-order valence-electron chi connectivity index (χ3n) is 7.16. The van der Waals surface area contributed by atoms with Gasteiger partial charge in [0.2, 0.25) is 0 Å². The number of carbonyl (C=O) groups is 1. The number of nitrogens with zero attached hydrogens (tertiary/aromatic N) is 7. The van der Waals surface area contributed by atoms with Crippen LogP contribution in [0.5, 0.6) is 5.75 Å². The number of aromatic nitrogens is 2. The Morgan fingerprint density at radius 3 is 2.54 bits per heavy atom. The van der Waals surface area contributed by atoms with Gasteiger partial charge in [-0.25, -0.2) is 0 Å². The van der Waals surface area contributed by atoms with Gasteiger partial charge in [-0.15, -0.1) is 23.4 Å². The summed E-state index contributed by atoms with van der Waals surface area (Å²) in [5.41, 5.74) is 2.13. The first kappa shape index (κ1) is 28.1. The van der Waals surface area contributed by atoms with E-state index < -0.39 is 23.6 Å². The van der Waals surface area contributed by atoms with Crippen molar-refractivity contribution in [3.05, 3.63) is 77.4 Å². The number of anilines is 2. The zero-order chi connectivity index (χ0) is 29.2. The predicted octanol–water partition coefficient (Wildman–Crippen LogP) is 5.16. The molecule has 1 saturated heterocycles. The fraction of sp³-hybridized carbons (Fsp3) is 0.357. The summed E-state index contributed by atoms with van der Waals surface area (Å²) in [7, 11) is 0. The summed E-state index contributed by atoms with van der Waals surface area (Å²) in [5, 5.41) is 15.1. The molecule has 0 radical (unpaired) electrons. The van der Waals surface area contributed by atoms with E-state index >= 15 is 0 Å². The minimum Gasteiger partial charge on any atom is -0.406 e. The number of pyridine rings is 2. The number of rotatable bonds is 7. The number of hydrogen-bond acceptors (Lipinski definition) is 9. The lowest BCUT2D eigenvalue weighted by atomic mass is 9.84. The molecule has 1 N–H and O–H groups in total. The number of benzene rings is 1. The SMILES string of the molecule is Cc1ncc(NC(=O)c2cccc(OC(F)(F)F)c2)cc1C1(c2cncc(N3CCN(C(C)C)CC3)c2)C=NN=N1. The van der Waals surface area contributed by atoms with Crippen LogP contribution in [-0.4, -0.2) is 65.6 Å². The number of ether oxygens (including phenoxy) is 1. The maximum atomic E-state index is 12.9. The van der Waals surface area contributed by atoms with Crippen LogP contribution in [0, 0.1) is 6.92 Å². The van der Waals surface area contributed by atoms with Crippen LogP contribution in [0.1, 0.15) is 41.0 Å². The van der Waals surface area contributed by atoms with Crippen LogP contribution in [0.2, 0.25) is 0 Å². The molecular formula is C28H29F3N8O2. The first-order valence-corrected chi connectivity index (χ1v) is 13.1. The van der Waals surface area contributed by atoms with Gasteiger partial charge >= 0.3 is 6.36 Å². The van der Waals surface area contributed by atoms with E-state index in [1.807, 2.05) is 19.2 Å². The Kier molecular flexibility index (Phi) is 7.72. The maximum absolute atomic E-state index is 12.9. The Morgan fingerprint density at radius 1 is 1.07 bits per heavy atom. The molecule has 2 aromatic heterocycles. The molecule has 0 spiro atoms. The van der Waals surface area contributed by atoms with Gasteiger partial charge < -0.3 is 15.0 Å². The number of hydrogen-bond donors (Lipinski definition) is 1. The summed E-state index contributed by atoms with van der Waals surface area (Å²) in [5.74, 6) is -1.12. The van der Waals surface area contributed by atoms with Crippen LogP contribution in [0.15, 0.2) is 70.4 Å². The van der Waals surface area contributed by atoms with Crippen LogP contribution < -0.4 is 15.0 Å². The highest BCUT2D eigenvalue weighted by molar-refractivity contribution is 6.04. The van der Waals surface area contributed by atoms with E-state index in [0.717, 1.165) is 49.6 Å². The van der Waals surface area contributed by atoms with Crippen molar-refractivity contribution in [3.63, 3.8) is 0 Å². The minimum atomic E-state index is -4.87. The van der Waals surface area contributed by atoms with Gasteiger partial charge in [0.1, 0.15) is 5.75 Å². The quantitative estimate of drug-likeness (QED) is 0.423. The molecule has 1 amide bonds. The van der Waals surface area contributed by atoms with Gasteiger partial charge in [-0.1, -0.05) is 6.07 Å². The molecule has 1 fully saturated rings. The van der Waals surface area contributed by atoms with Crippen molar-refractivity contribution >= 4 is 23.5 Å². The fourth-order valence-corrected chi connectivity index (χ4v) is 4.97. The van der Waals surface area contributed by atoms with E-state index in [4.69, 9.17) is 0 Å². The molecule has 2 aliphatic heterocycles. The van der Waals surface area contributed by atoms with E-state index in [2.05, 4.69) is 59.1 Å². The summed E-state index contributed by atoms with van der Waals surface area (Å²) in [6.07, 6.45) is 1.74. The monoisotopic (exact) mass is 566 g/mol. The average molecular weight is 567 g/mol. The van der Waals surface area contributed by atoms with Gasteiger partial charge in [-0.2, -0.15) is 0 Å². The second-order valence-corrected chi connectivity index (χ2v) is 10.1. The Hall–Kier alpha value is -4.39. The first-order chi connectivity index (χ1) is 19.5. The topological polar surface area (TPSA) is 108 Å². The number of halogens is 3. The third-order valence-corrected chi connectivity index (χ3v) is 7.16. The van der Waals surface area contributed by atoms with E-state index in [0.29, 0.717) is 23.0 Å². The van der Waals surface area contributed by atoms with Crippen molar-refractivity contribution in [3.8, 4) is 5.75 Å². The van der Waals surface area contributed by atoms with Crippen molar-refractivity contribution in [1.82, 2.24) is 14.9 Å². The number of aryl methyl sites for hydroxylation is 1. The number of nitrogens with one attached hydrogen (secondary N) is 1. The molecule has 41 heavy (non-hydrogen) atoms. The Labute approximate surface area is 235 Å². The van der Waals surface area contributed by atoms with E-state index in [-0.39, 0.29) is 5.56 Å². The fourth-order valence-electron chi connectivity index (χ4n) is 4.97. The number of piperazine rings is 1. The Balaban J connectivity index is 1.41. The zero-order valence-electron chi connectivity index (χ0n) is 22.8. The van der Waals surface area contributed by atoms with E-state index in [1.165, 1.54) is 18.3 Å². The van der Waals surface area contributed by atoms with Crippen LogP contribution >= 0.6 is 0 Å². The molecule has 0 bridgehead atoms. The highest BCUT2D eigenvalue weighted by atomic mass is 19.4. The van der Waals surface area contributed by atoms with Gasteiger partial charge in [-0.3, -0.25) is 19.7 Å². The molecule has 3 aromatic rings. The number of carbonyl (C=O) groups excluding carboxylic acids is 1. The standard InChI is InChI=1S/C28H29F3N8O2/c1-18(2)38-7-9-39(10-8-38)23-12-21(14-32-16-23)27(17-34-37-36-27)25-13-22(15-33-19(25)3)35-26(40)20-5-4-6-24(11-20)41-28(29,30)31/h4-6,11-18H,7-10H2,1-3H3,(H,35,40). The number of amides is 1. The average Bonchev–Trinajstić information content (AvgIpc) is 3.44.